The second-order valence-electron chi connectivity index (χ2n) is 8.76. The van der Waals surface area contributed by atoms with Crippen LogP contribution in [0, 0.1) is 0 Å². The molecule has 1 aliphatic carbocycles. The molecular formula is C29H30N4O6. The predicted molar refractivity (Wildman–Crippen MR) is 148 cm³/mol. The van der Waals surface area contributed by atoms with E-state index in [4.69, 9.17) is 19.3 Å². The average Bonchev–Trinajstić information content (AvgIpc) is 3.20. The summed E-state index contributed by atoms with van der Waals surface area (Å²) in [4.78, 5) is 32.9. The summed E-state index contributed by atoms with van der Waals surface area (Å²) in [5, 5.41) is 14.9. The van der Waals surface area contributed by atoms with Crippen molar-refractivity contribution in [1.29, 1.82) is 0 Å². The molecule has 0 radical (unpaired) electrons. The first-order valence-electron chi connectivity index (χ1n) is 12.2. The van der Waals surface area contributed by atoms with E-state index in [0.717, 1.165) is 39.2 Å². The number of hydrogen-bond acceptors (Lipinski definition) is 8. The van der Waals surface area contributed by atoms with Crippen LogP contribution in [0.2, 0.25) is 0 Å². The Hall–Kier alpha value is -4.86. The van der Waals surface area contributed by atoms with Crippen molar-refractivity contribution in [3.63, 3.8) is 0 Å². The highest BCUT2D eigenvalue weighted by Crippen LogP contribution is 2.45. The van der Waals surface area contributed by atoms with Gasteiger partial charge in [0.1, 0.15) is 29.5 Å². The van der Waals surface area contributed by atoms with Crippen molar-refractivity contribution in [3.8, 4) is 17.2 Å². The summed E-state index contributed by atoms with van der Waals surface area (Å²) in [5.41, 5.74) is 6.12. The second kappa shape index (κ2) is 12.1. The lowest BCUT2D eigenvalue weighted by molar-refractivity contribution is -0.135. The number of amides is 1. The molecule has 0 aliphatic heterocycles. The summed E-state index contributed by atoms with van der Waals surface area (Å²) in [6.07, 6.45) is 5.43. The Bertz CT molecular complexity index is 1420. The van der Waals surface area contributed by atoms with Gasteiger partial charge in [-0.2, -0.15) is 0 Å². The lowest BCUT2D eigenvalue weighted by Gasteiger charge is -2.15. The molecule has 1 aliphatic rings. The molecule has 202 valence electrons. The van der Waals surface area contributed by atoms with Crippen LogP contribution in [0.1, 0.15) is 35.9 Å². The minimum Gasteiger partial charge on any atom is -0.495 e. The number of allylic oxidation sites excluding steroid dienone is 2. The van der Waals surface area contributed by atoms with Gasteiger partial charge in [-0.05, 0) is 60.0 Å². The van der Waals surface area contributed by atoms with Gasteiger partial charge in [0.25, 0.3) is 0 Å². The summed E-state index contributed by atoms with van der Waals surface area (Å²) in [5.74, 6) is 0.304. The number of carbonyl (C=O) groups excluding carboxylic acids is 1. The Morgan fingerprint density at radius 2 is 1.77 bits per heavy atom. The number of pyridine rings is 2. The quantitative estimate of drug-likeness (QED) is 0.336. The maximum Gasteiger partial charge on any atom is 0.322 e. The van der Waals surface area contributed by atoms with E-state index < -0.39 is 5.97 Å². The van der Waals surface area contributed by atoms with Gasteiger partial charge in [-0.15, -0.1) is 0 Å². The van der Waals surface area contributed by atoms with Crippen molar-refractivity contribution < 1.29 is 28.9 Å². The molecule has 0 atom stereocenters. The molecule has 1 amide bonds. The molecule has 0 unspecified atom stereocenters. The summed E-state index contributed by atoms with van der Waals surface area (Å²) in [7, 11) is 4.58. The van der Waals surface area contributed by atoms with Crippen molar-refractivity contribution in [2.45, 2.75) is 19.9 Å². The topological polar surface area (TPSA) is 132 Å². The van der Waals surface area contributed by atoms with E-state index in [-0.39, 0.29) is 18.9 Å². The zero-order valence-electron chi connectivity index (χ0n) is 22.2. The Morgan fingerprint density at radius 1 is 1.03 bits per heavy atom. The van der Waals surface area contributed by atoms with Gasteiger partial charge in [0, 0.05) is 17.3 Å². The third-order valence-electron chi connectivity index (χ3n) is 6.32. The molecule has 0 saturated heterocycles. The zero-order chi connectivity index (χ0) is 27.9. The first-order valence-corrected chi connectivity index (χ1v) is 12.2. The average molecular weight is 531 g/mol. The van der Waals surface area contributed by atoms with Gasteiger partial charge in [-0.1, -0.05) is 6.07 Å². The number of ether oxygens (including phenoxy) is 3. The number of hydrogen-bond donors (Lipinski definition) is 3. The number of fused-ring (bicyclic) bond motifs is 1. The first-order chi connectivity index (χ1) is 18.8. The van der Waals surface area contributed by atoms with E-state index >= 15 is 0 Å². The van der Waals surface area contributed by atoms with Gasteiger partial charge in [-0.25, -0.2) is 0 Å². The number of carboxylic acids is 1. The number of nitrogens with one attached hydrogen (secondary N) is 2. The molecule has 10 heteroatoms. The van der Waals surface area contributed by atoms with Gasteiger partial charge in [0.15, 0.2) is 0 Å². The monoisotopic (exact) mass is 530 g/mol. The molecule has 0 fully saturated rings. The minimum absolute atomic E-state index is 0.137. The van der Waals surface area contributed by atoms with Crippen LogP contribution in [0.25, 0.3) is 17.2 Å². The van der Waals surface area contributed by atoms with Gasteiger partial charge in [0.2, 0.25) is 5.91 Å². The van der Waals surface area contributed by atoms with E-state index in [1.165, 1.54) is 14.2 Å². The fourth-order valence-corrected chi connectivity index (χ4v) is 4.38. The molecule has 3 aromatic rings. The van der Waals surface area contributed by atoms with Crippen LogP contribution in [0.15, 0.2) is 54.4 Å². The van der Waals surface area contributed by atoms with Gasteiger partial charge < -0.3 is 30.0 Å². The number of anilines is 1. The van der Waals surface area contributed by atoms with Crippen molar-refractivity contribution in [3.05, 3.63) is 76.9 Å². The van der Waals surface area contributed by atoms with E-state index in [0.29, 0.717) is 29.5 Å². The SMILES string of the molecule is COc1cnc2c(c1)C(CC(=O)NCc1ccccn1)=C(C)/C2=C/c1cc(OC)c(NCC(=O)O)c(OC)c1. The molecule has 0 spiro atoms. The molecule has 2 aromatic heterocycles. The van der Waals surface area contributed by atoms with Crippen LogP contribution >= 0.6 is 0 Å². The van der Waals surface area contributed by atoms with Gasteiger partial charge >= 0.3 is 5.97 Å². The highest BCUT2D eigenvalue weighted by atomic mass is 16.5. The molecule has 10 nitrogen and oxygen atoms in total. The summed E-state index contributed by atoms with van der Waals surface area (Å²) in [6, 6.07) is 11.0. The largest absolute Gasteiger partial charge is 0.495 e. The molecule has 39 heavy (non-hydrogen) atoms. The third-order valence-corrected chi connectivity index (χ3v) is 6.32. The highest BCUT2D eigenvalue weighted by molar-refractivity contribution is 6.07. The highest BCUT2D eigenvalue weighted by Gasteiger charge is 2.27. The van der Waals surface area contributed by atoms with Crippen molar-refractivity contribution in [2.24, 2.45) is 0 Å². The molecule has 4 rings (SSSR count). The molecule has 0 bridgehead atoms. The molecule has 0 saturated carbocycles. The summed E-state index contributed by atoms with van der Waals surface area (Å²) < 4.78 is 16.4. The number of benzene rings is 1. The molecule has 2 heterocycles. The predicted octanol–water partition coefficient (Wildman–Crippen LogP) is 4.03. The minimum atomic E-state index is -1.01. The smallest absolute Gasteiger partial charge is 0.322 e. The first kappa shape index (κ1) is 27.2. The Kier molecular flexibility index (Phi) is 8.45. The second-order valence-corrected chi connectivity index (χ2v) is 8.76. The van der Waals surface area contributed by atoms with Crippen LogP contribution < -0.4 is 24.8 Å². The van der Waals surface area contributed by atoms with Crippen LogP contribution in [-0.2, 0) is 16.1 Å². The normalized spacial score (nSPS) is 13.2. The maximum absolute atomic E-state index is 12.9. The number of carbonyl (C=O) groups is 2. The number of aliphatic carboxylic acids is 1. The number of methoxy groups -OCH3 is 3. The van der Waals surface area contributed by atoms with Crippen LogP contribution in [0.5, 0.6) is 17.2 Å². The fourth-order valence-electron chi connectivity index (χ4n) is 4.38. The lowest BCUT2D eigenvalue weighted by atomic mass is 10.0. The van der Waals surface area contributed by atoms with Crippen LogP contribution in [-0.4, -0.2) is 54.8 Å². The third kappa shape index (κ3) is 6.18. The fraction of sp³-hybridized carbons (Fsp3) is 0.241. The van der Waals surface area contributed by atoms with Gasteiger partial charge in [0.05, 0.1) is 51.9 Å². The molecule has 1 aromatic carbocycles. The van der Waals surface area contributed by atoms with Crippen LogP contribution in [0.4, 0.5) is 5.69 Å². The number of rotatable bonds is 11. The summed E-state index contributed by atoms with van der Waals surface area (Å²) in [6.45, 7) is 2.00. The number of nitrogens with zero attached hydrogens (tertiary/aromatic N) is 2. The number of aromatic nitrogens is 2. The Morgan fingerprint density at radius 3 is 2.38 bits per heavy atom. The van der Waals surface area contributed by atoms with Crippen molar-refractivity contribution >= 4 is 34.8 Å². The van der Waals surface area contributed by atoms with E-state index in [9.17, 15) is 9.59 Å². The molecular weight excluding hydrogens is 500 g/mol. The molecule has 3 N–H and O–H groups in total. The lowest BCUT2D eigenvalue weighted by Crippen LogP contribution is -2.23. The van der Waals surface area contributed by atoms with E-state index in [1.807, 2.05) is 37.3 Å². The van der Waals surface area contributed by atoms with Gasteiger partial charge in [-0.3, -0.25) is 19.6 Å². The van der Waals surface area contributed by atoms with Crippen molar-refractivity contribution in [2.75, 3.05) is 33.2 Å². The number of carboxylic acid groups (broad SMARTS) is 1. The standard InChI is InChI=1S/C29H30N4O6/c1-17-21(13-26(34)31-14-19-7-5-6-8-30-19)23-12-20(37-2)15-32-28(23)22(17)9-18-10-24(38-3)29(25(11-18)39-4)33-16-27(35)36/h5-12,15,33H,13-14,16H2,1-4H3,(H,31,34)(H,35,36)/b22-9-. The Labute approximate surface area is 226 Å². The zero-order valence-corrected chi connectivity index (χ0v) is 22.2. The summed E-state index contributed by atoms with van der Waals surface area (Å²) >= 11 is 0. The maximum atomic E-state index is 12.9. The van der Waals surface area contributed by atoms with E-state index in [2.05, 4.69) is 20.6 Å². The van der Waals surface area contributed by atoms with Crippen molar-refractivity contribution in [1.82, 2.24) is 15.3 Å². The Balaban J connectivity index is 1.70. The van der Waals surface area contributed by atoms with E-state index in [1.54, 1.807) is 31.6 Å². The van der Waals surface area contributed by atoms with Crippen LogP contribution in [0.3, 0.4) is 0 Å².